The maximum Gasteiger partial charge on any atom is 0.342 e. The van der Waals surface area contributed by atoms with Crippen LogP contribution in [0.4, 0.5) is 10.5 Å². The maximum absolute atomic E-state index is 13.0. The molecule has 0 fully saturated rings. The minimum absolute atomic E-state index is 0.0540. The van der Waals surface area contributed by atoms with Crippen molar-refractivity contribution in [2.45, 2.75) is 31.3 Å². The van der Waals surface area contributed by atoms with E-state index in [1.165, 1.54) is 5.01 Å². The number of carbonyl (C=O) groups is 1. The Kier molecular flexibility index (Phi) is 7.96. The number of anilines is 1. The number of hydrogen-bond acceptors (Lipinski definition) is 5. The first-order valence-corrected chi connectivity index (χ1v) is 13.7. The van der Waals surface area contributed by atoms with E-state index < -0.39 is 15.9 Å². The van der Waals surface area contributed by atoms with Gasteiger partial charge in [0, 0.05) is 16.6 Å². The number of benzene rings is 3. The van der Waals surface area contributed by atoms with Gasteiger partial charge in [0.2, 0.25) is 0 Å². The molecule has 0 saturated heterocycles. The fraction of sp³-hybridized carbons (Fsp3) is 0.259. The molecule has 1 N–H and O–H groups in total. The molecule has 9 heteroatoms. The molecule has 188 valence electrons. The number of urea groups is 1. The lowest BCUT2D eigenvalue weighted by atomic mass is 9.95. The standard InChI is InChI=1S/C27H28ClN3O4S/c1-19(2)35-24-14-12-23(13-15-24)29-27(32)31-18-21(26(30-31)20-8-10-22(28)11-9-20)16-17-36(33,34)25-6-4-3-5-7-25/h3-15,19,21H,16-18H2,1-2H3,(H,29,32). The molecule has 0 saturated carbocycles. The minimum atomic E-state index is -3.47. The highest BCUT2D eigenvalue weighted by atomic mass is 35.5. The Labute approximate surface area is 216 Å². The fourth-order valence-corrected chi connectivity index (χ4v) is 5.47. The van der Waals surface area contributed by atoms with Gasteiger partial charge in [0.25, 0.3) is 0 Å². The molecule has 1 heterocycles. The second-order valence-electron chi connectivity index (χ2n) is 8.81. The van der Waals surface area contributed by atoms with Crippen LogP contribution in [0.1, 0.15) is 25.8 Å². The summed E-state index contributed by atoms with van der Waals surface area (Å²) in [6.45, 7) is 4.16. The minimum Gasteiger partial charge on any atom is -0.491 e. The van der Waals surface area contributed by atoms with Crippen molar-refractivity contribution in [2.75, 3.05) is 17.6 Å². The lowest BCUT2D eigenvalue weighted by molar-refractivity contribution is 0.215. The lowest BCUT2D eigenvalue weighted by Crippen LogP contribution is -2.31. The van der Waals surface area contributed by atoms with Gasteiger partial charge < -0.3 is 10.1 Å². The summed E-state index contributed by atoms with van der Waals surface area (Å²) in [6, 6.07) is 22.2. The van der Waals surface area contributed by atoms with Gasteiger partial charge in [-0.25, -0.2) is 18.2 Å². The predicted octanol–water partition coefficient (Wildman–Crippen LogP) is 5.86. The van der Waals surface area contributed by atoms with E-state index in [-0.39, 0.29) is 29.2 Å². The average Bonchev–Trinajstić information content (AvgIpc) is 3.29. The van der Waals surface area contributed by atoms with Crippen molar-refractivity contribution in [3.63, 3.8) is 0 Å². The van der Waals surface area contributed by atoms with Gasteiger partial charge in [0.1, 0.15) is 5.75 Å². The quantitative estimate of drug-likeness (QED) is 0.399. The van der Waals surface area contributed by atoms with Crippen LogP contribution in [0.25, 0.3) is 0 Å². The number of halogens is 1. The Morgan fingerprint density at radius 1 is 1.06 bits per heavy atom. The van der Waals surface area contributed by atoms with Gasteiger partial charge in [-0.05, 0) is 74.4 Å². The second kappa shape index (κ2) is 11.1. The van der Waals surface area contributed by atoms with Crippen molar-refractivity contribution in [3.8, 4) is 5.75 Å². The molecule has 4 rings (SSSR count). The number of hydrazone groups is 1. The molecule has 36 heavy (non-hydrogen) atoms. The number of hydrogen-bond donors (Lipinski definition) is 1. The van der Waals surface area contributed by atoms with Crippen LogP contribution in [-0.4, -0.2) is 43.6 Å². The summed E-state index contributed by atoms with van der Waals surface area (Å²) in [7, 11) is -3.47. The van der Waals surface area contributed by atoms with Gasteiger partial charge in [-0.1, -0.05) is 41.9 Å². The predicted molar refractivity (Wildman–Crippen MR) is 143 cm³/mol. The molecule has 0 spiro atoms. The van der Waals surface area contributed by atoms with Crippen LogP contribution in [0.5, 0.6) is 5.75 Å². The van der Waals surface area contributed by atoms with Crippen molar-refractivity contribution in [3.05, 3.63) is 89.4 Å². The van der Waals surface area contributed by atoms with Gasteiger partial charge in [-0.3, -0.25) is 0 Å². The van der Waals surface area contributed by atoms with Crippen LogP contribution in [0.15, 0.2) is 88.9 Å². The SMILES string of the molecule is CC(C)Oc1ccc(NC(=O)N2CC(CCS(=O)(=O)c3ccccc3)C(c3ccc(Cl)cc3)=N2)cc1. The molecule has 0 aliphatic carbocycles. The average molecular weight is 526 g/mol. The van der Waals surface area contributed by atoms with Crippen molar-refractivity contribution in [1.29, 1.82) is 0 Å². The molecular weight excluding hydrogens is 498 g/mol. The third kappa shape index (κ3) is 6.44. The largest absolute Gasteiger partial charge is 0.491 e. The topological polar surface area (TPSA) is 88.1 Å². The molecule has 3 aromatic rings. The molecule has 0 bridgehead atoms. The highest BCUT2D eigenvalue weighted by Crippen LogP contribution is 2.26. The van der Waals surface area contributed by atoms with E-state index in [0.717, 1.165) is 5.56 Å². The van der Waals surface area contributed by atoms with Crippen molar-refractivity contribution >= 4 is 38.9 Å². The fourth-order valence-electron chi connectivity index (χ4n) is 3.94. The maximum atomic E-state index is 13.0. The molecule has 1 aliphatic rings. The summed E-state index contributed by atoms with van der Waals surface area (Å²) in [4.78, 5) is 13.3. The smallest absolute Gasteiger partial charge is 0.342 e. The van der Waals surface area contributed by atoms with Crippen LogP contribution in [0.3, 0.4) is 0 Å². The Hall–Kier alpha value is -3.36. The summed E-state index contributed by atoms with van der Waals surface area (Å²) in [5.74, 6) is 0.408. The molecule has 0 radical (unpaired) electrons. The number of nitrogens with one attached hydrogen (secondary N) is 1. The first-order chi connectivity index (χ1) is 17.2. The third-order valence-electron chi connectivity index (χ3n) is 5.70. The van der Waals surface area contributed by atoms with Gasteiger partial charge in [-0.2, -0.15) is 5.10 Å². The van der Waals surface area contributed by atoms with Gasteiger partial charge in [0.15, 0.2) is 9.84 Å². The number of amides is 2. The highest BCUT2D eigenvalue weighted by Gasteiger charge is 2.32. The normalized spacial score (nSPS) is 15.6. The van der Waals surface area contributed by atoms with E-state index in [0.29, 0.717) is 28.6 Å². The highest BCUT2D eigenvalue weighted by molar-refractivity contribution is 7.91. The third-order valence-corrected chi connectivity index (χ3v) is 7.71. The van der Waals surface area contributed by atoms with Crippen molar-refractivity contribution in [1.82, 2.24) is 5.01 Å². The number of rotatable bonds is 8. The second-order valence-corrected chi connectivity index (χ2v) is 11.4. The number of nitrogens with zero attached hydrogens (tertiary/aromatic N) is 2. The molecule has 0 aromatic heterocycles. The summed E-state index contributed by atoms with van der Waals surface area (Å²) in [5.41, 5.74) is 2.06. The molecule has 1 unspecified atom stereocenters. The van der Waals surface area contributed by atoms with E-state index in [1.807, 2.05) is 26.0 Å². The van der Waals surface area contributed by atoms with Crippen LogP contribution in [0, 0.1) is 5.92 Å². The molecule has 3 aromatic carbocycles. The van der Waals surface area contributed by atoms with E-state index in [2.05, 4.69) is 10.4 Å². The molecule has 2 amide bonds. The monoisotopic (exact) mass is 525 g/mol. The summed E-state index contributed by atoms with van der Waals surface area (Å²) in [6.07, 6.45) is 0.377. The first kappa shape index (κ1) is 25.7. The molecule has 1 atom stereocenters. The van der Waals surface area contributed by atoms with E-state index in [9.17, 15) is 13.2 Å². The Bertz CT molecular complexity index is 1330. The molecule has 1 aliphatic heterocycles. The Morgan fingerprint density at radius 2 is 1.72 bits per heavy atom. The van der Waals surface area contributed by atoms with E-state index >= 15 is 0 Å². The summed E-state index contributed by atoms with van der Waals surface area (Å²) >= 11 is 6.05. The number of sulfone groups is 1. The van der Waals surface area contributed by atoms with Crippen LogP contribution in [0.2, 0.25) is 5.02 Å². The van der Waals surface area contributed by atoms with Crippen LogP contribution < -0.4 is 10.1 Å². The zero-order chi connectivity index (χ0) is 25.7. The zero-order valence-electron chi connectivity index (χ0n) is 20.1. The molecular formula is C27H28ClN3O4S. The summed E-state index contributed by atoms with van der Waals surface area (Å²) < 4.78 is 31.4. The zero-order valence-corrected chi connectivity index (χ0v) is 21.7. The number of ether oxygens (including phenoxy) is 1. The number of carbonyl (C=O) groups excluding carboxylic acids is 1. The van der Waals surface area contributed by atoms with Gasteiger partial charge in [-0.15, -0.1) is 0 Å². The Morgan fingerprint density at radius 3 is 2.36 bits per heavy atom. The van der Waals surface area contributed by atoms with Gasteiger partial charge in [0.05, 0.1) is 29.0 Å². The molecule has 7 nitrogen and oxygen atoms in total. The van der Waals surface area contributed by atoms with Crippen molar-refractivity contribution in [2.24, 2.45) is 11.0 Å². The van der Waals surface area contributed by atoms with E-state index in [4.69, 9.17) is 16.3 Å². The van der Waals surface area contributed by atoms with E-state index in [1.54, 1.807) is 66.7 Å². The summed E-state index contributed by atoms with van der Waals surface area (Å²) in [5, 5.41) is 9.35. The van der Waals surface area contributed by atoms with Crippen LogP contribution >= 0.6 is 11.6 Å². The van der Waals surface area contributed by atoms with Crippen molar-refractivity contribution < 1.29 is 17.9 Å². The van der Waals surface area contributed by atoms with Gasteiger partial charge >= 0.3 is 6.03 Å². The lowest BCUT2D eigenvalue weighted by Gasteiger charge is -2.16. The van der Waals surface area contributed by atoms with Crippen LogP contribution in [-0.2, 0) is 9.84 Å². The Balaban J connectivity index is 1.50. The first-order valence-electron chi connectivity index (χ1n) is 11.7.